The molecule has 1 aromatic carbocycles. The van der Waals surface area contributed by atoms with Crippen molar-refractivity contribution < 1.29 is 14.7 Å². The van der Waals surface area contributed by atoms with Crippen molar-refractivity contribution in [3.63, 3.8) is 0 Å². The summed E-state index contributed by atoms with van der Waals surface area (Å²) in [5.41, 5.74) is 6.19. The summed E-state index contributed by atoms with van der Waals surface area (Å²) in [4.78, 5) is 21.8. The number of carboxylic acid groups (broad SMARTS) is 1. The van der Waals surface area contributed by atoms with Crippen LogP contribution in [0.25, 0.3) is 0 Å². The summed E-state index contributed by atoms with van der Waals surface area (Å²) in [5.74, 6) is -1.35. The lowest BCUT2D eigenvalue weighted by Crippen LogP contribution is -2.42. The Hall–Kier alpha value is -2.08. The van der Waals surface area contributed by atoms with Crippen molar-refractivity contribution in [2.45, 2.75) is 12.5 Å². The van der Waals surface area contributed by atoms with Crippen LogP contribution in [0.3, 0.4) is 0 Å². The van der Waals surface area contributed by atoms with Crippen LogP contribution >= 0.6 is 0 Å². The van der Waals surface area contributed by atoms with E-state index in [9.17, 15) is 9.59 Å². The van der Waals surface area contributed by atoms with Gasteiger partial charge in [-0.25, -0.2) is 0 Å². The monoisotopic (exact) mass is 251 g/mol. The predicted octanol–water partition coefficient (Wildman–Crippen LogP) is 0.0167. The number of carbonyl (C=O) groups excluding carboxylic acids is 1. The van der Waals surface area contributed by atoms with Crippen LogP contribution in [0.1, 0.15) is 6.42 Å². The number of para-hydroxylation sites is 1. The molecule has 0 aromatic heterocycles. The van der Waals surface area contributed by atoms with Crippen molar-refractivity contribution in [3.05, 3.63) is 30.3 Å². The van der Waals surface area contributed by atoms with Crippen molar-refractivity contribution >= 4 is 17.6 Å². The van der Waals surface area contributed by atoms with Gasteiger partial charge in [-0.2, -0.15) is 0 Å². The molecule has 98 valence electrons. The van der Waals surface area contributed by atoms with Crippen molar-refractivity contribution in [3.8, 4) is 0 Å². The Balaban J connectivity index is 2.16. The average molecular weight is 251 g/mol. The molecule has 1 aromatic rings. The third-order valence-corrected chi connectivity index (χ3v) is 2.29. The highest BCUT2D eigenvalue weighted by Crippen LogP contribution is 2.04. The number of hydrogen-bond acceptors (Lipinski definition) is 4. The molecular formula is C12H17N3O3. The SMILES string of the molecule is NC(CNC(=O)CCNc1ccccc1)C(=O)O. The molecule has 1 rings (SSSR count). The van der Waals surface area contributed by atoms with E-state index in [-0.39, 0.29) is 18.9 Å². The van der Waals surface area contributed by atoms with E-state index in [0.29, 0.717) is 6.54 Å². The van der Waals surface area contributed by atoms with E-state index in [1.165, 1.54) is 0 Å². The summed E-state index contributed by atoms with van der Waals surface area (Å²) in [7, 11) is 0. The standard InChI is InChI=1S/C12H17N3O3/c13-10(12(17)18)8-15-11(16)6-7-14-9-4-2-1-3-5-9/h1-5,10,14H,6-8,13H2,(H,15,16)(H,17,18). The third-order valence-electron chi connectivity index (χ3n) is 2.29. The van der Waals surface area contributed by atoms with Gasteiger partial charge < -0.3 is 21.5 Å². The second-order valence-electron chi connectivity index (χ2n) is 3.79. The molecule has 5 N–H and O–H groups in total. The molecule has 0 aliphatic carbocycles. The Morgan fingerprint density at radius 1 is 1.28 bits per heavy atom. The van der Waals surface area contributed by atoms with Crippen LogP contribution in [0.5, 0.6) is 0 Å². The first kappa shape index (κ1) is 14.0. The number of anilines is 1. The van der Waals surface area contributed by atoms with Crippen LogP contribution in [-0.2, 0) is 9.59 Å². The van der Waals surface area contributed by atoms with Crippen molar-refractivity contribution in [1.29, 1.82) is 0 Å². The highest BCUT2D eigenvalue weighted by atomic mass is 16.4. The molecule has 0 bridgehead atoms. The second-order valence-corrected chi connectivity index (χ2v) is 3.79. The zero-order chi connectivity index (χ0) is 13.4. The number of benzene rings is 1. The molecule has 0 fully saturated rings. The normalized spacial score (nSPS) is 11.6. The number of aliphatic carboxylic acids is 1. The summed E-state index contributed by atoms with van der Waals surface area (Å²) in [5, 5.41) is 14.1. The van der Waals surface area contributed by atoms with E-state index < -0.39 is 12.0 Å². The molecule has 0 spiro atoms. The van der Waals surface area contributed by atoms with Gasteiger partial charge in [-0.05, 0) is 12.1 Å². The maximum absolute atomic E-state index is 11.4. The molecule has 1 unspecified atom stereocenters. The lowest BCUT2D eigenvalue weighted by Gasteiger charge is -2.09. The van der Waals surface area contributed by atoms with Gasteiger partial charge in [0.2, 0.25) is 5.91 Å². The molecule has 0 aliphatic rings. The Kier molecular flexibility index (Phi) is 5.66. The molecule has 18 heavy (non-hydrogen) atoms. The third kappa shape index (κ3) is 5.31. The van der Waals surface area contributed by atoms with E-state index in [2.05, 4.69) is 10.6 Å². The van der Waals surface area contributed by atoms with E-state index in [4.69, 9.17) is 10.8 Å². The quantitative estimate of drug-likeness (QED) is 0.546. The Labute approximate surface area is 105 Å². The van der Waals surface area contributed by atoms with Gasteiger partial charge in [0.15, 0.2) is 0 Å². The van der Waals surface area contributed by atoms with Crippen LogP contribution in [-0.4, -0.2) is 36.1 Å². The van der Waals surface area contributed by atoms with Gasteiger partial charge in [0.05, 0.1) is 0 Å². The minimum Gasteiger partial charge on any atom is -0.480 e. The summed E-state index contributed by atoms with van der Waals surface area (Å²) < 4.78 is 0. The molecule has 0 aliphatic heterocycles. The molecule has 0 radical (unpaired) electrons. The van der Waals surface area contributed by atoms with Crippen LogP contribution in [0.4, 0.5) is 5.69 Å². The Morgan fingerprint density at radius 2 is 1.94 bits per heavy atom. The number of carbonyl (C=O) groups is 2. The summed E-state index contributed by atoms with van der Waals surface area (Å²) in [6.45, 7) is 0.428. The first-order valence-electron chi connectivity index (χ1n) is 5.63. The number of nitrogens with one attached hydrogen (secondary N) is 2. The van der Waals surface area contributed by atoms with E-state index in [1.54, 1.807) is 0 Å². The molecule has 0 saturated carbocycles. The largest absolute Gasteiger partial charge is 0.480 e. The van der Waals surface area contributed by atoms with Crippen LogP contribution in [0.2, 0.25) is 0 Å². The maximum atomic E-state index is 11.4. The molecule has 6 heteroatoms. The van der Waals surface area contributed by atoms with Crippen LogP contribution in [0, 0.1) is 0 Å². The van der Waals surface area contributed by atoms with Gasteiger partial charge in [0.1, 0.15) is 6.04 Å². The van der Waals surface area contributed by atoms with Crippen molar-refractivity contribution in [2.24, 2.45) is 5.73 Å². The smallest absolute Gasteiger partial charge is 0.322 e. The van der Waals surface area contributed by atoms with Gasteiger partial charge >= 0.3 is 5.97 Å². The fourth-order valence-electron chi connectivity index (χ4n) is 1.28. The molecule has 1 atom stereocenters. The molecule has 1 amide bonds. The van der Waals surface area contributed by atoms with Gasteiger partial charge in [-0.15, -0.1) is 0 Å². The van der Waals surface area contributed by atoms with Gasteiger partial charge in [0, 0.05) is 25.2 Å². The lowest BCUT2D eigenvalue weighted by atomic mass is 10.3. The Bertz CT molecular complexity index is 395. The highest BCUT2D eigenvalue weighted by molar-refractivity contribution is 5.78. The summed E-state index contributed by atoms with van der Waals surface area (Å²) >= 11 is 0. The molecular weight excluding hydrogens is 234 g/mol. The van der Waals surface area contributed by atoms with Gasteiger partial charge in [-0.1, -0.05) is 18.2 Å². The number of nitrogens with two attached hydrogens (primary N) is 1. The van der Waals surface area contributed by atoms with Crippen LogP contribution < -0.4 is 16.4 Å². The van der Waals surface area contributed by atoms with Gasteiger partial charge in [0.25, 0.3) is 0 Å². The first-order chi connectivity index (χ1) is 8.59. The second kappa shape index (κ2) is 7.29. The fourth-order valence-corrected chi connectivity index (χ4v) is 1.28. The topological polar surface area (TPSA) is 104 Å². The number of hydrogen-bond donors (Lipinski definition) is 4. The van der Waals surface area contributed by atoms with Crippen LogP contribution in [0.15, 0.2) is 30.3 Å². The van der Waals surface area contributed by atoms with Crippen molar-refractivity contribution in [1.82, 2.24) is 5.32 Å². The minimum atomic E-state index is -1.13. The summed E-state index contributed by atoms with van der Waals surface area (Å²) in [6.07, 6.45) is 0.265. The first-order valence-corrected chi connectivity index (χ1v) is 5.63. The molecule has 0 saturated heterocycles. The maximum Gasteiger partial charge on any atom is 0.322 e. The van der Waals surface area contributed by atoms with E-state index in [1.807, 2.05) is 30.3 Å². The van der Waals surface area contributed by atoms with Gasteiger partial charge in [-0.3, -0.25) is 9.59 Å². The molecule has 0 heterocycles. The zero-order valence-electron chi connectivity index (χ0n) is 9.93. The number of rotatable bonds is 7. The minimum absolute atomic E-state index is 0.0560. The number of amides is 1. The summed E-state index contributed by atoms with van der Waals surface area (Å²) in [6, 6.07) is 8.44. The fraction of sp³-hybridized carbons (Fsp3) is 0.333. The average Bonchev–Trinajstić information content (AvgIpc) is 2.37. The van der Waals surface area contributed by atoms with Crippen molar-refractivity contribution in [2.75, 3.05) is 18.4 Å². The highest BCUT2D eigenvalue weighted by Gasteiger charge is 2.12. The molecule has 6 nitrogen and oxygen atoms in total. The predicted molar refractivity (Wildman–Crippen MR) is 68.2 cm³/mol. The van der Waals surface area contributed by atoms with E-state index in [0.717, 1.165) is 5.69 Å². The lowest BCUT2D eigenvalue weighted by molar-refractivity contribution is -0.138. The zero-order valence-corrected chi connectivity index (χ0v) is 9.93. The number of carboxylic acids is 1. The Morgan fingerprint density at radius 3 is 2.56 bits per heavy atom. The van der Waals surface area contributed by atoms with E-state index >= 15 is 0 Å².